The quantitative estimate of drug-likeness (QED) is 0.584. The molecule has 11 nitrogen and oxygen atoms in total. The first kappa shape index (κ1) is 24.6. The van der Waals surface area contributed by atoms with Crippen molar-refractivity contribution in [1.29, 1.82) is 0 Å². The third-order valence-corrected chi connectivity index (χ3v) is 7.38. The minimum Gasteiger partial charge on any atom is -0.378 e. The van der Waals surface area contributed by atoms with Crippen LogP contribution in [0.15, 0.2) is 12.3 Å². The predicted molar refractivity (Wildman–Crippen MR) is 138 cm³/mol. The number of nitrogens with one attached hydrogen (secondary N) is 2. The molecule has 0 aliphatic carbocycles. The van der Waals surface area contributed by atoms with Crippen molar-refractivity contribution in [3.8, 4) is 0 Å². The Hall–Kier alpha value is -3.05. The highest BCUT2D eigenvalue weighted by Gasteiger charge is 2.28. The Labute approximate surface area is 212 Å². The molecule has 3 aliphatic heterocycles. The van der Waals surface area contributed by atoms with Crippen molar-refractivity contribution in [2.75, 3.05) is 81.6 Å². The Bertz CT molecular complexity index is 1030. The highest BCUT2D eigenvalue weighted by atomic mass is 16.5. The SMILES string of the molecule is CNc1nc(C2CCN(CCNc3ccnc(N4CCOCC4)n3)CC2)nc2c1CN(C(C)=O)CC2. The molecule has 2 fully saturated rings. The number of rotatable bonds is 7. The van der Waals surface area contributed by atoms with Gasteiger partial charge in [-0.3, -0.25) is 4.79 Å². The third kappa shape index (κ3) is 5.67. The van der Waals surface area contributed by atoms with Crippen LogP contribution in [0.3, 0.4) is 0 Å². The lowest BCUT2D eigenvalue weighted by atomic mass is 9.95. The molecule has 36 heavy (non-hydrogen) atoms. The second-order valence-electron chi connectivity index (χ2n) is 9.68. The van der Waals surface area contributed by atoms with Gasteiger partial charge in [0.25, 0.3) is 0 Å². The molecular formula is C25H37N9O2. The Morgan fingerprint density at radius 2 is 1.92 bits per heavy atom. The number of carbonyl (C=O) groups is 1. The number of hydrogen-bond donors (Lipinski definition) is 2. The molecular weight excluding hydrogens is 458 g/mol. The first-order chi connectivity index (χ1) is 17.6. The molecule has 5 heterocycles. The Morgan fingerprint density at radius 3 is 2.67 bits per heavy atom. The zero-order valence-corrected chi connectivity index (χ0v) is 21.4. The number of amides is 1. The highest BCUT2D eigenvalue weighted by molar-refractivity contribution is 5.74. The average molecular weight is 496 g/mol. The molecule has 2 saturated heterocycles. The van der Waals surface area contributed by atoms with Crippen LogP contribution >= 0.6 is 0 Å². The van der Waals surface area contributed by atoms with E-state index in [4.69, 9.17) is 14.7 Å². The molecule has 3 aliphatic rings. The summed E-state index contributed by atoms with van der Waals surface area (Å²) in [5, 5.41) is 6.71. The van der Waals surface area contributed by atoms with Gasteiger partial charge in [-0.2, -0.15) is 4.98 Å². The molecule has 0 atom stereocenters. The summed E-state index contributed by atoms with van der Waals surface area (Å²) in [6.45, 7) is 9.93. The molecule has 0 unspecified atom stereocenters. The van der Waals surface area contributed by atoms with Crippen LogP contribution in [0.25, 0.3) is 0 Å². The van der Waals surface area contributed by atoms with Gasteiger partial charge >= 0.3 is 0 Å². The number of morpholine rings is 1. The van der Waals surface area contributed by atoms with Gasteiger partial charge in [-0.05, 0) is 32.0 Å². The minimum absolute atomic E-state index is 0.103. The standard InChI is InChI=1S/C25H37N9O2/c1-18(35)34-11-6-21-20(17-34)24(26-2)31-23(29-21)19-4-9-32(10-5-19)12-8-27-22-3-7-28-25(30-22)33-13-15-36-16-14-33/h3,7,19H,4-6,8-17H2,1-2H3,(H,26,29,31)(H,27,28,30). The Kier molecular flexibility index (Phi) is 7.76. The van der Waals surface area contributed by atoms with Gasteiger partial charge in [0, 0.05) is 70.8 Å². The summed E-state index contributed by atoms with van der Waals surface area (Å²) in [7, 11) is 1.90. The number of ether oxygens (including phenoxy) is 1. The summed E-state index contributed by atoms with van der Waals surface area (Å²) in [5.74, 6) is 3.93. The van der Waals surface area contributed by atoms with Crippen LogP contribution in [0.1, 0.15) is 42.8 Å². The van der Waals surface area contributed by atoms with E-state index in [0.29, 0.717) is 12.5 Å². The largest absolute Gasteiger partial charge is 0.378 e. The zero-order valence-electron chi connectivity index (χ0n) is 21.4. The van der Waals surface area contributed by atoms with E-state index >= 15 is 0 Å². The van der Waals surface area contributed by atoms with Crippen molar-refractivity contribution in [3.63, 3.8) is 0 Å². The molecule has 2 aromatic heterocycles. The van der Waals surface area contributed by atoms with E-state index in [-0.39, 0.29) is 5.91 Å². The topological polar surface area (TPSA) is 112 Å². The molecule has 0 radical (unpaired) electrons. The molecule has 0 spiro atoms. The smallest absolute Gasteiger partial charge is 0.227 e. The number of piperidine rings is 1. The number of carbonyl (C=O) groups excluding carboxylic acids is 1. The molecule has 5 rings (SSSR count). The number of likely N-dealkylation sites (tertiary alicyclic amines) is 1. The van der Waals surface area contributed by atoms with Gasteiger partial charge in [0.2, 0.25) is 11.9 Å². The number of anilines is 3. The van der Waals surface area contributed by atoms with E-state index in [1.54, 1.807) is 6.92 Å². The van der Waals surface area contributed by atoms with Gasteiger partial charge in [-0.15, -0.1) is 0 Å². The van der Waals surface area contributed by atoms with Gasteiger partial charge in [-0.1, -0.05) is 0 Å². The second-order valence-corrected chi connectivity index (χ2v) is 9.68. The molecule has 2 aromatic rings. The summed E-state index contributed by atoms with van der Waals surface area (Å²) in [4.78, 5) is 37.3. The van der Waals surface area contributed by atoms with Crippen molar-refractivity contribution >= 4 is 23.5 Å². The summed E-state index contributed by atoms with van der Waals surface area (Å²) in [5.41, 5.74) is 2.16. The lowest BCUT2D eigenvalue weighted by molar-refractivity contribution is -0.129. The molecule has 2 N–H and O–H groups in total. The van der Waals surface area contributed by atoms with E-state index in [9.17, 15) is 4.79 Å². The first-order valence-corrected chi connectivity index (χ1v) is 13.1. The van der Waals surface area contributed by atoms with Gasteiger partial charge in [-0.25, -0.2) is 15.0 Å². The fourth-order valence-electron chi connectivity index (χ4n) is 5.21. The number of fused-ring (bicyclic) bond motifs is 1. The fourth-order valence-corrected chi connectivity index (χ4v) is 5.21. The van der Waals surface area contributed by atoms with Gasteiger partial charge in [0.05, 0.1) is 25.5 Å². The van der Waals surface area contributed by atoms with Crippen LogP contribution in [-0.4, -0.2) is 102 Å². The number of aromatic nitrogens is 4. The summed E-state index contributed by atoms with van der Waals surface area (Å²) >= 11 is 0. The van der Waals surface area contributed by atoms with Gasteiger partial charge in [0.15, 0.2) is 0 Å². The van der Waals surface area contributed by atoms with Gasteiger partial charge < -0.3 is 30.1 Å². The molecule has 11 heteroatoms. The third-order valence-electron chi connectivity index (χ3n) is 7.38. The van der Waals surface area contributed by atoms with Crippen LogP contribution in [0.2, 0.25) is 0 Å². The van der Waals surface area contributed by atoms with Crippen molar-refractivity contribution < 1.29 is 9.53 Å². The summed E-state index contributed by atoms with van der Waals surface area (Å²) < 4.78 is 5.42. The van der Waals surface area contributed by atoms with Crippen molar-refractivity contribution in [2.24, 2.45) is 0 Å². The minimum atomic E-state index is 0.103. The lowest BCUT2D eigenvalue weighted by Crippen LogP contribution is -2.38. The van der Waals surface area contributed by atoms with E-state index in [2.05, 4.69) is 30.4 Å². The number of hydrogen-bond acceptors (Lipinski definition) is 10. The van der Waals surface area contributed by atoms with E-state index in [1.807, 2.05) is 24.2 Å². The van der Waals surface area contributed by atoms with Crippen molar-refractivity contribution in [3.05, 3.63) is 29.3 Å². The number of nitrogens with zero attached hydrogens (tertiary/aromatic N) is 7. The van der Waals surface area contributed by atoms with E-state index in [0.717, 1.165) is 113 Å². The maximum atomic E-state index is 11.8. The van der Waals surface area contributed by atoms with Crippen LogP contribution in [0.4, 0.5) is 17.6 Å². The van der Waals surface area contributed by atoms with Crippen LogP contribution < -0.4 is 15.5 Å². The zero-order chi connectivity index (χ0) is 24.9. The Morgan fingerprint density at radius 1 is 1.11 bits per heavy atom. The maximum absolute atomic E-state index is 11.8. The molecule has 194 valence electrons. The van der Waals surface area contributed by atoms with E-state index in [1.165, 1.54) is 0 Å². The van der Waals surface area contributed by atoms with Crippen LogP contribution in [-0.2, 0) is 22.5 Å². The second kappa shape index (κ2) is 11.3. The normalized spacial score (nSPS) is 19.2. The molecule has 0 bridgehead atoms. The fraction of sp³-hybridized carbons (Fsp3) is 0.640. The highest BCUT2D eigenvalue weighted by Crippen LogP contribution is 2.30. The molecule has 0 aromatic carbocycles. The predicted octanol–water partition coefficient (Wildman–Crippen LogP) is 1.34. The summed E-state index contributed by atoms with van der Waals surface area (Å²) in [6.07, 6.45) is 4.72. The van der Waals surface area contributed by atoms with Crippen LogP contribution in [0, 0.1) is 0 Å². The maximum Gasteiger partial charge on any atom is 0.227 e. The van der Waals surface area contributed by atoms with Gasteiger partial charge in [0.1, 0.15) is 17.5 Å². The molecule has 1 amide bonds. The lowest BCUT2D eigenvalue weighted by Gasteiger charge is -2.33. The monoisotopic (exact) mass is 495 g/mol. The van der Waals surface area contributed by atoms with Crippen molar-refractivity contribution in [1.82, 2.24) is 29.7 Å². The Balaban J connectivity index is 1.12. The summed E-state index contributed by atoms with van der Waals surface area (Å²) in [6, 6.07) is 1.93. The van der Waals surface area contributed by atoms with Crippen LogP contribution in [0.5, 0.6) is 0 Å². The average Bonchev–Trinajstić information content (AvgIpc) is 2.93. The molecule has 0 saturated carbocycles. The van der Waals surface area contributed by atoms with Crippen molar-refractivity contribution in [2.45, 2.75) is 38.6 Å². The van der Waals surface area contributed by atoms with E-state index < -0.39 is 0 Å². The first-order valence-electron chi connectivity index (χ1n) is 13.1.